The smallest absolute Gasteiger partial charge is 0.228 e. The zero-order valence-corrected chi connectivity index (χ0v) is 13.6. The molecular formula is C15H24N2O3S. The highest BCUT2D eigenvalue weighted by Gasteiger charge is 2.35. The predicted octanol–water partition coefficient (Wildman–Crippen LogP) is 2.68. The minimum atomic E-state index is -3.38. The molecule has 0 radical (unpaired) electrons. The first-order valence-electron chi connectivity index (χ1n) is 7.90. The molecule has 1 aliphatic carbocycles. The van der Waals surface area contributed by atoms with Crippen LogP contribution in [0.2, 0.25) is 0 Å². The Labute approximate surface area is 126 Å². The maximum Gasteiger partial charge on any atom is 0.228 e. The SMILES string of the molecule is CC(C)c1cnc(S(=O)(=O)CC2CCCCO2)n1C1CC1. The Morgan fingerprint density at radius 1 is 1.33 bits per heavy atom. The monoisotopic (exact) mass is 312 g/mol. The summed E-state index contributed by atoms with van der Waals surface area (Å²) in [5.74, 6) is 0.349. The fourth-order valence-corrected chi connectivity index (χ4v) is 4.64. The van der Waals surface area contributed by atoms with Crippen LogP contribution in [0.15, 0.2) is 11.4 Å². The standard InChI is InChI=1S/C15H24N2O3S/c1-11(2)14-9-16-15(17(14)12-6-7-12)21(18,19)10-13-5-3-4-8-20-13/h9,11-13H,3-8,10H2,1-2H3. The Bertz CT molecular complexity index is 596. The molecule has 1 aromatic heterocycles. The van der Waals surface area contributed by atoms with Gasteiger partial charge >= 0.3 is 0 Å². The van der Waals surface area contributed by atoms with E-state index in [2.05, 4.69) is 18.8 Å². The Morgan fingerprint density at radius 2 is 2.10 bits per heavy atom. The third kappa shape index (κ3) is 3.16. The Kier molecular flexibility index (Phi) is 4.10. The lowest BCUT2D eigenvalue weighted by atomic mass is 10.1. The largest absolute Gasteiger partial charge is 0.377 e. The fourth-order valence-electron chi connectivity index (χ4n) is 2.97. The number of hydrogen-bond donors (Lipinski definition) is 0. The zero-order valence-electron chi connectivity index (χ0n) is 12.8. The van der Waals surface area contributed by atoms with Crippen molar-refractivity contribution in [2.75, 3.05) is 12.4 Å². The molecule has 1 unspecified atom stereocenters. The van der Waals surface area contributed by atoms with Crippen molar-refractivity contribution in [2.24, 2.45) is 0 Å². The van der Waals surface area contributed by atoms with Gasteiger partial charge < -0.3 is 9.30 Å². The summed E-state index contributed by atoms with van der Waals surface area (Å²) in [6.07, 6.45) is 6.59. The second-order valence-electron chi connectivity index (χ2n) is 6.49. The average molecular weight is 312 g/mol. The lowest BCUT2D eigenvalue weighted by Gasteiger charge is -2.22. The van der Waals surface area contributed by atoms with Crippen LogP contribution in [0, 0.1) is 0 Å². The van der Waals surface area contributed by atoms with Gasteiger partial charge in [-0.05, 0) is 38.0 Å². The van der Waals surface area contributed by atoms with Crippen LogP contribution in [0.4, 0.5) is 0 Å². The zero-order chi connectivity index (χ0) is 15.0. The lowest BCUT2D eigenvalue weighted by molar-refractivity contribution is 0.0304. The first-order chi connectivity index (χ1) is 9.99. The van der Waals surface area contributed by atoms with Crippen molar-refractivity contribution in [1.29, 1.82) is 0 Å². The summed E-state index contributed by atoms with van der Waals surface area (Å²) in [6.45, 7) is 4.83. The van der Waals surface area contributed by atoms with Crippen LogP contribution in [0.5, 0.6) is 0 Å². The third-order valence-electron chi connectivity index (χ3n) is 4.25. The van der Waals surface area contributed by atoms with Gasteiger partial charge in [-0.2, -0.15) is 0 Å². The average Bonchev–Trinajstić information content (AvgIpc) is 3.16. The van der Waals surface area contributed by atoms with E-state index in [4.69, 9.17) is 4.74 Å². The maximum absolute atomic E-state index is 12.7. The van der Waals surface area contributed by atoms with Gasteiger partial charge in [0.05, 0.1) is 11.9 Å². The predicted molar refractivity (Wildman–Crippen MR) is 80.2 cm³/mol. The number of imidazole rings is 1. The number of hydrogen-bond acceptors (Lipinski definition) is 4. The molecule has 21 heavy (non-hydrogen) atoms. The second-order valence-corrected chi connectivity index (χ2v) is 8.42. The van der Waals surface area contributed by atoms with Crippen LogP contribution in [0.1, 0.15) is 63.6 Å². The molecule has 5 nitrogen and oxygen atoms in total. The molecule has 2 fully saturated rings. The number of rotatable bonds is 5. The van der Waals surface area contributed by atoms with Crippen molar-refractivity contribution >= 4 is 9.84 Å². The summed E-state index contributed by atoms with van der Waals surface area (Å²) < 4.78 is 33.0. The summed E-state index contributed by atoms with van der Waals surface area (Å²) in [5, 5.41) is 0.253. The van der Waals surface area contributed by atoms with Crippen molar-refractivity contribution in [3.05, 3.63) is 11.9 Å². The molecule has 0 spiro atoms. The minimum absolute atomic E-state index is 0.0638. The quantitative estimate of drug-likeness (QED) is 0.838. The van der Waals surface area contributed by atoms with Crippen LogP contribution in [0.25, 0.3) is 0 Å². The molecule has 1 atom stereocenters. The van der Waals surface area contributed by atoms with E-state index in [1.807, 2.05) is 4.57 Å². The number of aromatic nitrogens is 2. The van der Waals surface area contributed by atoms with Crippen molar-refractivity contribution in [3.63, 3.8) is 0 Å². The topological polar surface area (TPSA) is 61.2 Å². The molecule has 0 aromatic carbocycles. The molecule has 1 saturated carbocycles. The van der Waals surface area contributed by atoms with E-state index in [-0.39, 0.29) is 22.9 Å². The fraction of sp³-hybridized carbons (Fsp3) is 0.800. The minimum Gasteiger partial charge on any atom is -0.377 e. The summed E-state index contributed by atoms with van der Waals surface area (Å²) in [5.41, 5.74) is 1.03. The highest BCUT2D eigenvalue weighted by atomic mass is 32.2. The molecule has 6 heteroatoms. The Morgan fingerprint density at radius 3 is 2.67 bits per heavy atom. The third-order valence-corrected chi connectivity index (χ3v) is 5.92. The maximum atomic E-state index is 12.7. The number of ether oxygens (including phenoxy) is 1. The number of nitrogens with zero attached hydrogens (tertiary/aromatic N) is 2. The van der Waals surface area contributed by atoms with Gasteiger partial charge in [0.25, 0.3) is 0 Å². The molecule has 0 amide bonds. The highest BCUT2D eigenvalue weighted by Crippen LogP contribution is 2.40. The van der Waals surface area contributed by atoms with Crippen molar-refractivity contribution < 1.29 is 13.2 Å². The van der Waals surface area contributed by atoms with E-state index in [1.165, 1.54) is 0 Å². The molecule has 1 saturated heterocycles. The summed E-state index contributed by atoms with van der Waals surface area (Å²) >= 11 is 0. The van der Waals surface area contributed by atoms with Gasteiger partial charge in [0.2, 0.25) is 15.0 Å². The molecule has 2 heterocycles. The number of sulfone groups is 1. The van der Waals surface area contributed by atoms with E-state index < -0.39 is 9.84 Å². The van der Waals surface area contributed by atoms with Gasteiger partial charge in [0, 0.05) is 24.5 Å². The van der Waals surface area contributed by atoms with Crippen molar-refractivity contribution in [1.82, 2.24) is 9.55 Å². The summed E-state index contributed by atoms with van der Waals surface area (Å²) in [6, 6.07) is 0.321. The van der Waals surface area contributed by atoms with Gasteiger partial charge in [-0.1, -0.05) is 13.8 Å². The van der Waals surface area contributed by atoms with Gasteiger partial charge in [-0.25, -0.2) is 13.4 Å². The van der Waals surface area contributed by atoms with Crippen LogP contribution in [-0.4, -0.2) is 36.4 Å². The second kappa shape index (κ2) is 5.72. The Hall–Kier alpha value is -0.880. The summed E-state index contributed by atoms with van der Waals surface area (Å²) in [4.78, 5) is 4.26. The van der Waals surface area contributed by atoms with E-state index in [9.17, 15) is 8.42 Å². The van der Waals surface area contributed by atoms with Crippen molar-refractivity contribution in [2.45, 2.75) is 69.2 Å². The molecule has 1 aliphatic heterocycles. The molecule has 0 bridgehead atoms. The van der Waals surface area contributed by atoms with E-state index in [0.717, 1.165) is 37.8 Å². The van der Waals surface area contributed by atoms with Crippen LogP contribution in [-0.2, 0) is 14.6 Å². The Balaban J connectivity index is 1.87. The van der Waals surface area contributed by atoms with E-state index >= 15 is 0 Å². The molecule has 1 aromatic rings. The van der Waals surface area contributed by atoms with Crippen LogP contribution < -0.4 is 0 Å². The van der Waals surface area contributed by atoms with Gasteiger partial charge in [0.1, 0.15) is 0 Å². The van der Waals surface area contributed by atoms with Gasteiger partial charge in [0.15, 0.2) is 0 Å². The lowest BCUT2D eigenvalue weighted by Crippen LogP contribution is -2.29. The molecule has 0 N–H and O–H groups in total. The molecule has 2 aliphatic rings. The molecular weight excluding hydrogens is 288 g/mol. The van der Waals surface area contributed by atoms with Crippen LogP contribution in [0.3, 0.4) is 0 Å². The van der Waals surface area contributed by atoms with Gasteiger partial charge in [-0.15, -0.1) is 0 Å². The molecule has 3 rings (SSSR count). The first-order valence-corrected chi connectivity index (χ1v) is 9.56. The van der Waals surface area contributed by atoms with E-state index in [0.29, 0.717) is 12.6 Å². The van der Waals surface area contributed by atoms with E-state index in [1.54, 1.807) is 6.20 Å². The molecule has 118 valence electrons. The highest BCUT2D eigenvalue weighted by molar-refractivity contribution is 7.91. The first kappa shape index (κ1) is 15.0. The van der Waals surface area contributed by atoms with Crippen LogP contribution >= 0.6 is 0 Å². The summed E-state index contributed by atoms with van der Waals surface area (Å²) in [7, 11) is -3.38. The van der Waals surface area contributed by atoms with Crippen molar-refractivity contribution in [3.8, 4) is 0 Å². The normalized spacial score (nSPS) is 23.7. The van der Waals surface area contributed by atoms with Gasteiger partial charge in [-0.3, -0.25) is 0 Å².